The van der Waals surface area contributed by atoms with Crippen LogP contribution in [0.2, 0.25) is 0 Å². The molecular weight excluding hydrogens is 199 g/mol. The molecule has 0 amide bonds. The average molecular weight is 207 g/mol. The molecule has 0 unspecified atom stereocenters. The minimum atomic E-state index is -0.503. The molecule has 0 aliphatic carbocycles. The van der Waals surface area contributed by atoms with E-state index in [0.29, 0.717) is 5.82 Å². The normalized spacial score (nSPS) is 8.45. The molecule has 11 heavy (non-hydrogen) atoms. The number of anilines is 1. The van der Waals surface area contributed by atoms with Crippen LogP contribution in [-0.2, 0) is 19.5 Å². The van der Waals surface area contributed by atoms with Gasteiger partial charge in [-0.1, -0.05) is 0 Å². The summed E-state index contributed by atoms with van der Waals surface area (Å²) in [6, 6.07) is 1.27. The van der Waals surface area contributed by atoms with E-state index in [1.807, 2.05) is 4.98 Å². The monoisotopic (exact) mass is 205 g/mol. The molecule has 0 atom stereocenters. The zero-order valence-electron chi connectivity index (χ0n) is 6.10. The molecule has 1 aromatic heterocycles. The maximum atomic E-state index is 10.6. The third-order valence-corrected chi connectivity index (χ3v) is 1.03. The molecule has 5 nitrogen and oxygen atoms in total. The fourth-order valence-electron chi connectivity index (χ4n) is 0.603. The molecule has 0 aromatic carbocycles. The van der Waals surface area contributed by atoms with Gasteiger partial charge in [-0.3, -0.25) is 14.8 Å². The summed E-state index contributed by atoms with van der Waals surface area (Å²) < 4.78 is 0. The predicted octanol–water partition coefficient (Wildman–Crippen LogP) is -0.898. The molecule has 0 aliphatic rings. The summed E-state index contributed by atoms with van der Waals surface area (Å²) in [6.07, 6.45) is 0. The molecule has 1 rings (SSSR count). The minimum Gasteiger partial charge on any atom is -0.374 e. The first kappa shape index (κ1) is 10.1. The van der Waals surface area contributed by atoms with Crippen LogP contribution in [0.3, 0.4) is 0 Å². The van der Waals surface area contributed by atoms with E-state index in [0.717, 1.165) is 0 Å². The van der Waals surface area contributed by atoms with Crippen molar-refractivity contribution in [1.82, 2.24) is 9.97 Å². The number of hydrogen-bond acceptors (Lipinski definition) is 3. The molecule has 0 spiro atoms. The molecule has 6 heteroatoms. The first-order chi connectivity index (χ1) is 4.72. The van der Waals surface area contributed by atoms with Crippen LogP contribution in [0, 0.1) is 0 Å². The second-order valence-corrected chi connectivity index (χ2v) is 1.75. The molecule has 0 bridgehead atoms. The smallest absolute Gasteiger partial charge is 0.327 e. The van der Waals surface area contributed by atoms with Gasteiger partial charge in [0.1, 0.15) is 5.82 Å². The molecule has 0 fully saturated rings. The van der Waals surface area contributed by atoms with Gasteiger partial charge in [0.2, 0.25) is 0 Å². The maximum Gasteiger partial charge on any atom is 0.327 e. The van der Waals surface area contributed by atoms with Crippen molar-refractivity contribution in [2.75, 3.05) is 12.4 Å². The topological polar surface area (TPSA) is 77.8 Å². The number of H-pyrrole nitrogens is 2. The predicted molar refractivity (Wildman–Crippen MR) is 37.2 cm³/mol. The summed E-state index contributed by atoms with van der Waals surface area (Å²) in [6.45, 7) is 0. The van der Waals surface area contributed by atoms with Gasteiger partial charge in [0.25, 0.3) is 5.56 Å². The number of hydrogen-bond donors (Lipinski definition) is 3. The summed E-state index contributed by atoms with van der Waals surface area (Å²) >= 11 is 0. The first-order valence-electron chi connectivity index (χ1n) is 2.74. The van der Waals surface area contributed by atoms with E-state index in [4.69, 9.17) is 0 Å². The Hall–Kier alpha value is -0.897. The van der Waals surface area contributed by atoms with Crippen molar-refractivity contribution in [1.29, 1.82) is 0 Å². The molecule has 1 aromatic rings. The Kier molecular flexibility index (Phi) is 3.75. The third kappa shape index (κ3) is 2.68. The molecule has 56 valence electrons. The number of rotatable bonds is 1. The van der Waals surface area contributed by atoms with Crippen LogP contribution in [-0.4, -0.2) is 17.0 Å². The van der Waals surface area contributed by atoms with Gasteiger partial charge in [-0.15, -0.1) is 0 Å². The van der Waals surface area contributed by atoms with Gasteiger partial charge in [0.15, 0.2) is 0 Å². The number of aromatic nitrogens is 2. The van der Waals surface area contributed by atoms with Gasteiger partial charge < -0.3 is 5.32 Å². The van der Waals surface area contributed by atoms with Gasteiger partial charge >= 0.3 is 5.69 Å². The van der Waals surface area contributed by atoms with E-state index in [1.54, 1.807) is 7.05 Å². The minimum absolute atomic E-state index is 0. The third-order valence-electron chi connectivity index (χ3n) is 1.03. The Labute approximate surface area is 75.0 Å². The second kappa shape index (κ2) is 4.08. The first-order valence-corrected chi connectivity index (χ1v) is 2.74. The number of nitrogens with one attached hydrogen (secondary N) is 3. The molecule has 0 saturated carbocycles. The molecule has 0 aliphatic heterocycles. The van der Waals surface area contributed by atoms with Crippen LogP contribution < -0.4 is 16.6 Å². The Morgan fingerprint density at radius 2 is 2.00 bits per heavy atom. The molecule has 0 saturated heterocycles. The van der Waals surface area contributed by atoms with Crippen molar-refractivity contribution in [2.24, 2.45) is 0 Å². The Balaban J connectivity index is 0.000001000. The van der Waals surface area contributed by atoms with Crippen LogP contribution in [0.25, 0.3) is 0 Å². The van der Waals surface area contributed by atoms with Crippen molar-refractivity contribution in [3.63, 3.8) is 0 Å². The van der Waals surface area contributed by atoms with Crippen molar-refractivity contribution in [3.8, 4) is 0 Å². The summed E-state index contributed by atoms with van der Waals surface area (Å²) in [4.78, 5) is 25.5. The van der Waals surface area contributed by atoms with Gasteiger partial charge in [-0.2, -0.15) is 0 Å². The van der Waals surface area contributed by atoms with E-state index < -0.39 is 11.2 Å². The Morgan fingerprint density at radius 3 is 2.45 bits per heavy atom. The summed E-state index contributed by atoms with van der Waals surface area (Å²) in [5.74, 6) is 0.411. The Morgan fingerprint density at radius 1 is 1.36 bits per heavy atom. The maximum absolute atomic E-state index is 10.6. The fraction of sp³-hybridized carbons (Fsp3) is 0.200. The van der Waals surface area contributed by atoms with Gasteiger partial charge in [0.05, 0.1) is 0 Å². The van der Waals surface area contributed by atoms with Gasteiger partial charge in [-0.25, -0.2) is 4.79 Å². The number of aromatic amines is 2. The van der Waals surface area contributed by atoms with Crippen molar-refractivity contribution in [2.45, 2.75) is 0 Å². The van der Waals surface area contributed by atoms with Crippen molar-refractivity contribution in [3.05, 3.63) is 26.9 Å². The zero-order valence-corrected chi connectivity index (χ0v) is 9.07. The van der Waals surface area contributed by atoms with Crippen molar-refractivity contribution < 1.29 is 19.5 Å². The molecule has 0 radical (unpaired) electrons. The SMILES string of the molecule is CNc1cc(=O)[nH]c(=O)[nH]1.[Zn]. The van der Waals surface area contributed by atoms with E-state index in [9.17, 15) is 9.59 Å². The second-order valence-electron chi connectivity index (χ2n) is 1.75. The Bertz CT molecular complexity index is 301. The summed E-state index contributed by atoms with van der Waals surface area (Å²) in [5.41, 5.74) is -0.912. The van der Waals surface area contributed by atoms with Crippen LogP contribution in [0.1, 0.15) is 0 Å². The fourth-order valence-corrected chi connectivity index (χ4v) is 0.603. The summed E-state index contributed by atoms with van der Waals surface area (Å²) in [7, 11) is 1.62. The van der Waals surface area contributed by atoms with Gasteiger partial charge in [-0.05, 0) is 0 Å². The van der Waals surface area contributed by atoms with E-state index in [2.05, 4.69) is 10.3 Å². The zero-order chi connectivity index (χ0) is 7.56. The van der Waals surface area contributed by atoms with Crippen LogP contribution >= 0.6 is 0 Å². The largest absolute Gasteiger partial charge is 0.374 e. The quantitative estimate of drug-likeness (QED) is 0.521. The average Bonchev–Trinajstić information content (AvgIpc) is 1.85. The van der Waals surface area contributed by atoms with Crippen LogP contribution in [0.5, 0.6) is 0 Å². The van der Waals surface area contributed by atoms with Gasteiger partial charge in [0, 0.05) is 32.6 Å². The molecular formula is C5H7N3O2Zn. The standard InChI is InChI=1S/C5H7N3O2.Zn/c1-6-3-2-4(9)8-5(10)7-3;/h2H,1H3,(H3,6,7,8,9,10);. The van der Waals surface area contributed by atoms with E-state index >= 15 is 0 Å². The van der Waals surface area contributed by atoms with Crippen LogP contribution in [0.4, 0.5) is 5.82 Å². The molecule has 1 heterocycles. The van der Waals surface area contributed by atoms with Crippen molar-refractivity contribution >= 4 is 5.82 Å². The summed E-state index contributed by atoms with van der Waals surface area (Å²) in [5, 5.41) is 2.63. The van der Waals surface area contributed by atoms with Crippen LogP contribution in [0.15, 0.2) is 15.7 Å². The van der Waals surface area contributed by atoms with E-state index in [-0.39, 0.29) is 19.5 Å². The van der Waals surface area contributed by atoms with E-state index in [1.165, 1.54) is 6.07 Å². The molecule has 3 N–H and O–H groups in total.